The molecule has 1 amide bonds. The van der Waals surface area contributed by atoms with E-state index in [-0.39, 0.29) is 5.91 Å². The smallest absolute Gasteiger partial charge is 0.311 e. The first-order valence-corrected chi connectivity index (χ1v) is 7.83. The highest BCUT2D eigenvalue weighted by molar-refractivity contribution is 5.79. The van der Waals surface area contributed by atoms with Gasteiger partial charge in [-0.25, -0.2) is 0 Å². The Morgan fingerprint density at radius 2 is 1.80 bits per heavy atom. The molecule has 1 aliphatic heterocycles. The summed E-state index contributed by atoms with van der Waals surface area (Å²) in [6, 6.07) is 0. The second-order valence-electron chi connectivity index (χ2n) is 6.32. The van der Waals surface area contributed by atoms with Crippen LogP contribution >= 0.6 is 0 Å². The average Bonchev–Trinajstić information content (AvgIpc) is 2.47. The fourth-order valence-electron chi connectivity index (χ4n) is 3.38. The summed E-state index contributed by atoms with van der Waals surface area (Å²) in [6.45, 7) is 2.26. The third kappa shape index (κ3) is 3.95. The first-order valence-electron chi connectivity index (χ1n) is 7.83. The number of carbonyl (C=O) groups excluding carboxylic acids is 1. The Morgan fingerprint density at radius 3 is 2.40 bits per heavy atom. The number of piperidine rings is 1. The van der Waals surface area contributed by atoms with Crippen molar-refractivity contribution in [2.24, 2.45) is 11.3 Å². The molecule has 20 heavy (non-hydrogen) atoms. The van der Waals surface area contributed by atoms with Crippen molar-refractivity contribution < 1.29 is 14.7 Å². The molecule has 1 heterocycles. The molecule has 0 aromatic heterocycles. The molecule has 1 saturated heterocycles. The van der Waals surface area contributed by atoms with Crippen molar-refractivity contribution in [2.45, 2.75) is 51.4 Å². The van der Waals surface area contributed by atoms with Crippen molar-refractivity contribution in [2.75, 3.05) is 19.6 Å². The first-order chi connectivity index (χ1) is 9.62. The normalized spacial score (nSPS) is 23.2. The highest BCUT2D eigenvalue weighted by Crippen LogP contribution is 2.36. The van der Waals surface area contributed by atoms with Crippen LogP contribution in [-0.2, 0) is 9.59 Å². The van der Waals surface area contributed by atoms with E-state index < -0.39 is 11.4 Å². The Morgan fingerprint density at radius 1 is 1.15 bits per heavy atom. The maximum Gasteiger partial charge on any atom is 0.311 e. The predicted octanol–water partition coefficient (Wildman–Crippen LogP) is 1.53. The van der Waals surface area contributed by atoms with Crippen LogP contribution in [0.2, 0.25) is 0 Å². The molecule has 1 saturated carbocycles. The third-order valence-electron chi connectivity index (χ3n) is 4.82. The van der Waals surface area contributed by atoms with Crippen LogP contribution in [0.4, 0.5) is 0 Å². The fraction of sp³-hybridized carbons (Fsp3) is 0.867. The zero-order valence-corrected chi connectivity index (χ0v) is 12.1. The average molecular weight is 282 g/mol. The quantitative estimate of drug-likeness (QED) is 0.714. The Kier molecular flexibility index (Phi) is 5.40. The van der Waals surface area contributed by atoms with Gasteiger partial charge in [0.05, 0.1) is 5.41 Å². The first kappa shape index (κ1) is 15.3. The van der Waals surface area contributed by atoms with E-state index in [1.807, 2.05) is 0 Å². The van der Waals surface area contributed by atoms with Gasteiger partial charge in [0.15, 0.2) is 0 Å². The van der Waals surface area contributed by atoms with Gasteiger partial charge < -0.3 is 15.7 Å². The van der Waals surface area contributed by atoms with Crippen molar-refractivity contribution >= 4 is 11.9 Å². The van der Waals surface area contributed by atoms with Crippen LogP contribution in [0.1, 0.15) is 51.4 Å². The summed E-state index contributed by atoms with van der Waals surface area (Å²) < 4.78 is 0. The molecule has 3 N–H and O–H groups in total. The van der Waals surface area contributed by atoms with Crippen LogP contribution in [0.3, 0.4) is 0 Å². The van der Waals surface area contributed by atoms with Gasteiger partial charge in [-0.1, -0.05) is 19.3 Å². The van der Waals surface area contributed by atoms with Gasteiger partial charge in [0.2, 0.25) is 5.91 Å². The second-order valence-corrected chi connectivity index (χ2v) is 6.32. The fourth-order valence-corrected chi connectivity index (χ4v) is 3.38. The van der Waals surface area contributed by atoms with Gasteiger partial charge in [0, 0.05) is 13.0 Å². The number of hydrogen-bond donors (Lipinski definition) is 3. The predicted molar refractivity (Wildman–Crippen MR) is 76.4 cm³/mol. The summed E-state index contributed by atoms with van der Waals surface area (Å²) in [6.07, 6.45) is 7.02. The lowest BCUT2D eigenvalue weighted by Gasteiger charge is -2.33. The molecule has 2 rings (SSSR count). The topological polar surface area (TPSA) is 78.4 Å². The molecule has 5 nitrogen and oxygen atoms in total. The number of carboxylic acid groups (broad SMARTS) is 1. The van der Waals surface area contributed by atoms with Crippen LogP contribution in [0.15, 0.2) is 0 Å². The lowest BCUT2D eigenvalue weighted by molar-refractivity contribution is -0.151. The molecule has 0 spiro atoms. The summed E-state index contributed by atoms with van der Waals surface area (Å²) in [5, 5.41) is 15.6. The van der Waals surface area contributed by atoms with Crippen LogP contribution < -0.4 is 10.6 Å². The maximum absolute atomic E-state index is 12.0. The summed E-state index contributed by atoms with van der Waals surface area (Å²) in [5.41, 5.74) is -0.720. The minimum Gasteiger partial charge on any atom is -0.481 e. The molecule has 0 aromatic rings. The SMILES string of the molecule is O=C(CC1CCNCC1)NCC1(C(=O)O)CCCCC1. The Labute approximate surface area is 120 Å². The highest BCUT2D eigenvalue weighted by atomic mass is 16.4. The van der Waals surface area contributed by atoms with E-state index in [4.69, 9.17) is 0 Å². The molecule has 0 aromatic carbocycles. The number of hydrogen-bond acceptors (Lipinski definition) is 3. The number of aliphatic carboxylic acids is 1. The van der Waals surface area contributed by atoms with Crippen molar-refractivity contribution in [3.63, 3.8) is 0 Å². The minimum absolute atomic E-state index is 0.0168. The Balaban J connectivity index is 1.79. The zero-order valence-electron chi connectivity index (χ0n) is 12.1. The second kappa shape index (κ2) is 7.07. The molecular weight excluding hydrogens is 256 g/mol. The highest BCUT2D eigenvalue weighted by Gasteiger charge is 2.39. The van der Waals surface area contributed by atoms with Crippen LogP contribution in [-0.4, -0.2) is 36.6 Å². The van der Waals surface area contributed by atoms with E-state index in [9.17, 15) is 14.7 Å². The van der Waals surface area contributed by atoms with Gasteiger partial charge in [-0.15, -0.1) is 0 Å². The van der Waals surface area contributed by atoms with Crippen LogP contribution in [0, 0.1) is 11.3 Å². The molecule has 114 valence electrons. The van der Waals surface area contributed by atoms with E-state index in [0.29, 0.717) is 31.7 Å². The lowest BCUT2D eigenvalue weighted by atomic mass is 9.74. The molecule has 0 atom stereocenters. The van der Waals surface area contributed by atoms with E-state index in [2.05, 4.69) is 10.6 Å². The number of nitrogens with one attached hydrogen (secondary N) is 2. The van der Waals surface area contributed by atoms with E-state index in [0.717, 1.165) is 45.2 Å². The van der Waals surface area contributed by atoms with Crippen molar-refractivity contribution in [3.8, 4) is 0 Å². The number of amides is 1. The van der Waals surface area contributed by atoms with Crippen molar-refractivity contribution in [3.05, 3.63) is 0 Å². The molecule has 0 unspecified atom stereocenters. The van der Waals surface area contributed by atoms with Gasteiger partial charge in [-0.3, -0.25) is 9.59 Å². The molecule has 0 bridgehead atoms. The van der Waals surface area contributed by atoms with Crippen molar-refractivity contribution in [1.29, 1.82) is 0 Å². The molecule has 1 aliphatic carbocycles. The number of rotatable bonds is 5. The largest absolute Gasteiger partial charge is 0.481 e. The molecule has 2 aliphatic rings. The monoisotopic (exact) mass is 282 g/mol. The Bertz CT molecular complexity index is 345. The summed E-state index contributed by atoms with van der Waals surface area (Å²) in [7, 11) is 0. The van der Waals surface area contributed by atoms with Crippen molar-refractivity contribution in [1.82, 2.24) is 10.6 Å². The van der Waals surface area contributed by atoms with Gasteiger partial charge in [-0.2, -0.15) is 0 Å². The summed E-state index contributed by atoms with van der Waals surface area (Å²) in [4.78, 5) is 23.5. The maximum atomic E-state index is 12.0. The summed E-state index contributed by atoms with van der Waals surface area (Å²) in [5.74, 6) is -0.286. The Hall–Kier alpha value is -1.10. The zero-order chi connectivity index (χ0) is 14.4. The number of carboxylic acids is 1. The molecule has 5 heteroatoms. The van der Waals surface area contributed by atoms with Gasteiger partial charge in [-0.05, 0) is 44.7 Å². The van der Waals surface area contributed by atoms with E-state index in [1.165, 1.54) is 0 Å². The minimum atomic E-state index is -0.751. The molecule has 2 fully saturated rings. The van der Waals surface area contributed by atoms with Gasteiger partial charge in [0.25, 0.3) is 0 Å². The standard InChI is InChI=1S/C15H26N2O3/c18-13(10-12-4-8-16-9-5-12)17-11-15(14(19)20)6-2-1-3-7-15/h12,16H,1-11H2,(H,17,18)(H,19,20). The van der Waals surface area contributed by atoms with E-state index >= 15 is 0 Å². The number of carbonyl (C=O) groups is 2. The molecule has 0 radical (unpaired) electrons. The van der Waals surface area contributed by atoms with Gasteiger partial charge >= 0.3 is 5.97 Å². The van der Waals surface area contributed by atoms with Crippen LogP contribution in [0.5, 0.6) is 0 Å². The summed E-state index contributed by atoms with van der Waals surface area (Å²) >= 11 is 0. The third-order valence-corrected chi connectivity index (χ3v) is 4.82. The lowest BCUT2D eigenvalue weighted by Crippen LogP contribution is -2.44. The van der Waals surface area contributed by atoms with Gasteiger partial charge in [0.1, 0.15) is 0 Å². The van der Waals surface area contributed by atoms with Crippen LogP contribution in [0.25, 0.3) is 0 Å². The van der Waals surface area contributed by atoms with E-state index in [1.54, 1.807) is 0 Å². The molecular formula is C15H26N2O3.